The molecule has 1 rings (SSSR count). The number of hydrogen-bond donors (Lipinski definition) is 0. The molecule has 0 aliphatic heterocycles. The van der Waals surface area contributed by atoms with Crippen LogP contribution in [0.1, 0.15) is 0 Å². The number of para-hydroxylation sites is 1. The van der Waals surface area contributed by atoms with Crippen LogP contribution in [0.5, 0.6) is 5.75 Å². The van der Waals surface area contributed by atoms with Gasteiger partial charge in [0.15, 0.2) is 0 Å². The van der Waals surface area contributed by atoms with Crippen LogP contribution in [0.15, 0.2) is 29.2 Å². The molecule has 0 spiro atoms. The Morgan fingerprint density at radius 2 is 2.00 bits per heavy atom. The van der Waals surface area contributed by atoms with E-state index >= 15 is 0 Å². The zero-order chi connectivity index (χ0) is 8.27. The van der Waals surface area contributed by atoms with Gasteiger partial charge in [0, 0.05) is 6.26 Å². The predicted molar refractivity (Wildman–Crippen MR) is 45.3 cm³/mol. The minimum Gasteiger partial charge on any atom is -0.495 e. The van der Waals surface area contributed by atoms with Crippen LogP contribution < -0.4 is 4.74 Å². The van der Waals surface area contributed by atoms with Gasteiger partial charge in [-0.1, -0.05) is 12.1 Å². The Hall–Kier alpha value is -0.830. The lowest BCUT2D eigenvalue weighted by Crippen LogP contribution is -1.92. The summed E-state index contributed by atoms with van der Waals surface area (Å²) in [6, 6.07) is 7.31. The third kappa shape index (κ3) is 1.80. The molecule has 0 bridgehead atoms. The number of hydrogen-bond acceptors (Lipinski definition) is 2. The van der Waals surface area contributed by atoms with Crippen molar-refractivity contribution in [1.29, 1.82) is 0 Å². The van der Waals surface area contributed by atoms with Crippen LogP contribution in [0, 0.1) is 0 Å². The highest BCUT2D eigenvalue weighted by molar-refractivity contribution is 7.84. The average molecular weight is 170 g/mol. The summed E-state index contributed by atoms with van der Waals surface area (Å²) in [6.07, 6.45) is 1.64. The van der Waals surface area contributed by atoms with Crippen LogP contribution in [-0.4, -0.2) is 17.6 Å². The summed E-state index contributed by atoms with van der Waals surface area (Å²) in [5.74, 6) is 0.688. The molecule has 0 saturated carbocycles. The van der Waals surface area contributed by atoms with E-state index in [0.29, 0.717) is 5.75 Å². The Morgan fingerprint density at radius 3 is 2.45 bits per heavy atom. The van der Waals surface area contributed by atoms with Crippen molar-refractivity contribution in [2.24, 2.45) is 0 Å². The Kier molecular flexibility index (Phi) is 2.65. The van der Waals surface area contributed by atoms with Gasteiger partial charge in [-0.05, 0) is 12.1 Å². The zero-order valence-corrected chi connectivity index (χ0v) is 7.35. The minimum absolute atomic E-state index is 0.688. The molecular formula is C8H10O2S. The first-order valence-corrected chi connectivity index (χ1v) is 4.78. The lowest BCUT2D eigenvalue weighted by atomic mass is 10.3. The van der Waals surface area contributed by atoms with Gasteiger partial charge in [-0.25, -0.2) is 0 Å². The summed E-state index contributed by atoms with van der Waals surface area (Å²) >= 11 is 0. The third-order valence-corrected chi connectivity index (χ3v) is 2.34. The molecule has 1 atom stereocenters. The molecule has 0 saturated heterocycles. The number of benzene rings is 1. The SMILES string of the molecule is COc1ccccc1[S@@](C)=O. The fourth-order valence-corrected chi connectivity index (χ4v) is 1.56. The van der Waals surface area contributed by atoms with E-state index in [1.807, 2.05) is 12.1 Å². The first kappa shape index (κ1) is 8.27. The van der Waals surface area contributed by atoms with Gasteiger partial charge in [-0.15, -0.1) is 0 Å². The summed E-state index contributed by atoms with van der Waals surface area (Å²) in [5.41, 5.74) is 0. The monoisotopic (exact) mass is 170 g/mol. The topological polar surface area (TPSA) is 26.3 Å². The predicted octanol–water partition coefficient (Wildman–Crippen LogP) is 1.43. The molecule has 1 aromatic carbocycles. The molecule has 0 unspecified atom stereocenters. The van der Waals surface area contributed by atoms with Crippen molar-refractivity contribution >= 4 is 10.8 Å². The molecular weight excluding hydrogens is 160 g/mol. The molecule has 0 heterocycles. The lowest BCUT2D eigenvalue weighted by molar-refractivity contribution is 0.404. The summed E-state index contributed by atoms with van der Waals surface area (Å²) in [7, 11) is 0.610. The van der Waals surface area contributed by atoms with Crippen LogP contribution in [0.3, 0.4) is 0 Å². The van der Waals surface area contributed by atoms with Gasteiger partial charge in [0.2, 0.25) is 0 Å². The first-order chi connectivity index (χ1) is 5.25. The van der Waals surface area contributed by atoms with Crippen LogP contribution in [-0.2, 0) is 10.8 Å². The Morgan fingerprint density at radius 1 is 1.36 bits per heavy atom. The number of rotatable bonds is 2. The molecule has 11 heavy (non-hydrogen) atoms. The van der Waals surface area contributed by atoms with Crippen LogP contribution in [0.2, 0.25) is 0 Å². The molecule has 0 aliphatic carbocycles. The highest BCUT2D eigenvalue weighted by Crippen LogP contribution is 2.19. The summed E-state index contributed by atoms with van der Waals surface area (Å²) in [5, 5.41) is 0. The fraction of sp³-hybridized carbons (Fsp3) is 0.250. The van der Waals surface area contributed by atoms with E-state index in [4.69, 9.17) is 4.74 Å². The maximum atomic E-state index is 11.1. The van der Waals surface area contributed by atoms with Gasteiger partial charge in [0.25, 0.3) is 0 Å². The van der Waals surface area contributed by atoms with E-state index in [1.165, 1.54) is 0 Å². The second-order valence-electron chi connectivity index (χ2n) is 2.10. The van der Waals surface area contributed by atoms with Crippen molar-refractivity contribution in [3.63, 3.8) is 0 Å². The van der Waals surface area contributed by atoms with Crippen molar-refractivity contribution in [2.45, 2.75) is 4.90 Å². The minimum atomic E-state index is -0.965. The molecule has 0 aliphatic rings. The largest absolute Gasteiger partial charge is 0.495 e. The highest BCUT2D eigenvalue weighted by atomic mass is 32.2. The van der Waals surface area contributed by atoms with E-state index in [1.54, 1.807) is 25.5 Å². The van der Waals surface area contributed by atoms with Gasteiger partial charge < -0.3 is 4.74 Å². The van der Waals surface area contributed by atoms with Gasteiger partial charge in [-0.3, -0.25) is 4.21 Å². The van der Waals surface area contributed by atoms with Crippen LogP contribution in [0.4, 0.5) is 0 Å². The first-order valence-electron chi connectivity index (χ1n) is 3.22. The second-order valence-corrected chi connectivity index (χ2v) is 3.45. The van der Waals surface area contributed by atoms with Crippen molar-refractivity contribution in [3.05, 3.63) is 24.3 Å². The fourth-order valence-electron chi connectivity index (χ4n) is 0.856. The maximum Gasteiger partial charge on any atom is 0.134 e. The van der Waals surface area contributed by atoms with Crippen molar-refractivity contribution in [1.82, 2.24) is 0 Å². The van der Waals surface area contributed by atoms with Gasteiger partial charge in [0.05, 0.1) is 22.8 Å². The molecule has 1 aromatic rings. The standard InChI is InChI=1S/C8H10O2S/c1-10-7-5-3-4-6-8(7)11(2)9/h3-6H,1-2H3/t11-/m1/s1. The summed E-state index contributed by atoms with van der Waals surface area (Å²) < 4.78 is 16.1. The number of ether oxygens (including phenoxy) is 1. The quantitative estimate of drug-likeness (QED) is 0.671. The zero-order valence-electron chi connectivity index (χ0n) is 6.53. The maximum absolute atomic E-state index is 11.1. The molecule has 0 radical (unpaired) electrons. The van der Waals surface area contributed by atoms with Gasteiger partial charge in [-0.2, -0.15) is 0 Å². The smallest absolute Gasteiger partial charge is 0.134 e. The Labute approximate surface area is 68.6 Å². The Bertz CT molecular complexity index is 271. The van der Waals surface area contributed by atoms with Crippen LogP contribution >= 0.6 is 0 Å². The molecule has 3 heteroatoms. The third-order valence-electron chi connectivity index (χ3n) is 1.38. The average Bonchev–Trinajstić information content (AvgIpc) is 2.04. The van der Waals surface area contributed by atoms with Gasteiger partial charge >= 0.3 is 0 Å². The highest BCUT2D eigenvalue weighted by Gasteiger charge is 2.03. The molecule has 60 valence electrons. The molecule has 0 aromatic heterocycles. The molecule has 0 amide bonds. The molecule has 0 N–H and O–H groups in total. The lowest BCUT2D eigenvalue weighted by Gasteiger charge is -2.03. The van der Waals surface area contributed by atoms with E-state index in [0.717, 1.165) is 4.90 Å². The number of methoxy groups -OCH3 is 1. The van der Waals surface area contributed by atoms with E-state index in [2.05, 4.69) is 0 Å². The Balaban J connectivity index is 3.12. The van der Waals surface area contributed by atoms with E-state index < -0.39 is 10.8 Å². The normalized spacial score (nSPS) is 12.5. The van der Waals surface area contributed by atoms with Crippen molar-refractivity contribution < 1.29 is 8.95 Å². The van der Waals surface area contributed by atoms with E-state index in [9.17, 15) is 4.21 Å². The molecule has 0 fully saturated rings. The second kappa shape index (κ2) is 3.53. The van der Waals surface area contributed by atoms with Crippen molar-refractivity contribution in [2.75, 3.05) is 13.4 Å². The van der Waals surface area contributed by atoms with Crippen molar-refractivity contribution in [3.8, 4) is 5.75 Å². The van der Waals surface area contributed by atoms with Gasteiger partial charge in [0.1, 0.15) is 5.75 Å². The molecule has 2 nitrogen and oxygen atoms in total. The van der Waals surface area contributed by atoms with Crippen LogP contribution in [0.25, 0.3) is 0 Å². The summed E-state index contributed by atoms with van der Waals surface area (Å²) in [4.78, 5) is 0.745. The summed E-state index contributed by atoms with van der Waals surface area (Å²) in [6.45, 7) is 0. The van der Waals surface area contributed by atoms with E-state index in [-0.39, 0.29) is 0 Å².